The summed E-state index contributed by atoms with van der Waals surface area (Å²) in [4.78, 5) is 16.7. The molecule has 3 aromatic rings. The molecule has 0 radical (unpaired) electrons. The Kier molecular flexibility index (Phi) is 2.79. The summed E-state index contributed by atoms with van der Waals surface area (Å²) in [5.41, 5.74) is 2.48. The summed E-state index contributed by atoms with van der Waals surface area (Å²) >= 11 is 1.57. The van der Waals surface area contributed by atoms with Gasteiger partial charge in [-0.25, -0.2) is 9.99 Å². The molecule has 102 valence electrons. The number of amides is 1. The lowest BCUT2D eigenvalue weighted by atomic mass is 10.2. The third-order valence-electron chi connectivity index (χ3n) is 3.32. The van der Waals surface area contributed by atoms with Crippen LogP contribution in [0.4, 0.5) is 5.69 Å². The number of nitrogens with zero attached hydrogens (tertiary/aromatic N) is 3. The van der Waals surface area contributed by atoms with Crippen LogP contribution in [0.1, 0.15) is 11.4 Å². The fourth-order valence-electron chi connectivity index (χ4n) is 2.31. The topological polar surface area (TPSA) is 45.6 Å². The predicted octanol–water partition coefficient (Wildman–Crippen LogP) is 3.44. The second kappa shape index (κ2) is 4.79. The number of fused-ring (bicyclic) bond motifs is 1. The van der Waals surface area contributed by atoms with Crippen LogP contribution in [0.25, 0.3) is 10.2 Å². The minimum absolute atomic E-state index is 0.0181. The highest BCUT2D eigenvalue weighted by Crippen LogP contribution is 2.27. The van der Waals surface area contributed by atoms with E-state index in [1.54, 1.807) is 11.3 Å². The van der Waals surface area contributed by atoms with E-state index in [1.165, 1.54) is 5.01 Å². The molecule has 0 aliphatic carbocycles. The molecule has 1 aromatic heterocycles. The van der Waals surface area contributed by atoms with Crippen LogP contribution in [0.5, 0.6) is 0 Å². The average molecular weight is 293 g/mol. The molecule has 21 heavy (non-hydrogen) atoms. The van der Waals surface area contributed by atoms with E-state index < -0.39 is 0 Å². The van der Waals surface area contributed by atoms with Gasteiger partial charge in [0.25, 0.3) is 5.91 Å². The van der Waals surface area contributed by atoms with Crippen molar-refractivity contribution in [2.24, 2.45) is 5.10 Å². The SMILES string of the molecule is O=C1CC(c2nc3ccccc3s2)=NN1c1ccccc1. The smallest absolute Gasteiger partial charge is 0.253 e. The minimum Gasteiger partial charge on any atom is -0.272 e. The van der Waals surface area contributed by atoms with Gasteiger partial charge >= 0.3 is 0 Å². The molecule has 0 unspecified atom stereocenters. The second-order valence-corrected chi connectivity index (χ2v) is 5.78. The number of thiazole rings is 1. The maximum Gasteiger partial charge on any atom is 0.253 e. The molecule has 0 N–H and O–H groups in total. The predicted molar refractivity (Wildman–Crippen MR) is 84.7 cm³/mol. The van der Waals surface area contributed by atoms with Gasteiger partial charge in [0.1, 0.15) is 10.7 Å². The summed E-state index contributed by atoms with van der Waals surface area (Å²) < 4.78 is 1.11. The van der Waals surface area contributed by atoms with Gasteiger partial charge in [-0.1, -0.05) is 30.3 Å². The van der Waals surface area contributed by atoms with Crippen LogP contribution in [0.3, 0.4) is 0 Å². The fourth-order valence-corrected chi connectivity index (χ4v) is 3.26. The standard InChI is InChI=1S/C16H11N3OS/c20-15-10-13(18-19(15)11-6-2-1-3-7-11)16-17-12-8-4-5-9-14(12)21-16/h1-9H,10H2. The molecule has 0 bridgehead atoms. The Morgan fingerprint density at radius 2 is 1.76 bits per heavy atom. The van der Waals surface area contributed by atoms with Crippen LogP contribution >= 0.6 is 11.3 Å². The molecule has 0 atom stereocenters. The van der Waals surface area contributed by atoms with Crippen molar-refractivity contribution in [3.05, 3.63) is 59.6 Å². The van der Waals surface area contributed by atoms with Gasteiger partial charge in [-0.3, -0.25) is 4.79 Å². The van der Waals surface area contributed by atoms with Crippen molar-refractivity contribution in [2.45, 2.75) is 6.42 Å². The Morgan fingerprint density at radius 1 is 1.00 bits per heavy atom. The van der Waals surface area contributed by atoms with Gasteiger partial charge in [0.2, 0.25) is 0 Å². The summed E-state index contributed by atoms with van der Waals surface area (Å²) in [6.07, 6.45) is 0.300. The number of carbonyl (C=O) groups is 1. The Labute approximate surface area is 125 Å². The monoisotopic (exact) mass is 293 g/mol. The number of anilines is 1. The normalized spacial score (nSPS) is 14.8. The Balaban J connectivity index is 1.74. The van der Waals surface area contributed by atoms with E-state index in [0.29, 0.717) is 6.42 Å². The number of benzene rings is 2. The number of rotatable bonds is 2. The third-order valence-corrected chi connectivity index (χ3v) is 4.40. The van der Waals surface area contributed by atoms with Crippen molar-refractivity contribution < 1.29 is 4.79 Å². The van der Waals surface area contributed by atoms with Crippen LogP contribution in [0.2, 0.25) is 0 Å². The van der Waals surface area contributed by atoms with Crippen molar-refractivity contribution in [1.82, 2.24) is 4.98 Å². The zero-order valence-corrected chi connectivity index (χ0v) is 11.9. The molecule has 1 aliphatic heterocycles. The van der Waals surface area contributed by atoms with Gasteiger partial charge in [0.15, 0.2) is 0 Å². The number of hydrogen-bond acceptors (Lipinski definition) is 4. The molecule has 2 aromatic carbocycles. The lowest BCUT2D eigenvalue weighted by Crippen LogP contribution is -2.19. The molecule has 2 heterocycles. The van der Waals surface area contributed by atoms with E-state index in [0.717, 1.165) is 26.6 Å². The van der Waals surface area contributed by atoms with Crippen LogP contribution in [-0.4, -0.2) is 16.6 Å². The molecule has 4 rings (SSSR count). The highest BCUT2D eigenvalue weighted by molar-refractivity contribution is 7.20. The van der Waals surface area contributed by atoms with Gasteiger partial charge in [-0.15, -0.1) is 11.3 Å². The summed E-state index contributed by atoms with van der Waals surface area (Å²) in [6.45, 7) is 0. The highest BCUT2D eigenvalue weighted by atomic mass is 32.1. The van der Waals surface area contributed by atoms with E-state index in [9.17, 15) is 4.79 Å². The molecule has 0 spiro atoms. The first-order chi connectivity index (χ1) is 10.3. The largest absolute Gasteiger partial charge is 0.272 e. The van der Waals surface area contributed by atoms with Crippen molar-refractivity contribution in [1.29, 1.82) is 0 Å². The van der Waals surface area contributed by atoms with Gasteiger partial charge in [-0.05, 0) is 24.3 Å². The fraction of sp³-hybridized carbons (Fsp3) is 0.0625. The van der Waals surface area contributed by atoms with Crippen LogP contribution in [-0.2, 0) is 4.79 Å². The number of para-hydroxylation sites is 2. The Bertz CT molecular complexity index is 821. The average Bonchev–Trinajstić information content (AvgIpc) is 3.11. The first kappa shape index (κ1) is 12.2. The molecule has 5 heteroatoms. The minimum atomic E-state index is -0.0181. The summed E-state index contributed by atoms with van der Waals surface area (Å²) in [5, 5.41) is 6.74. The van der Waals surface area contributed by atoms with Crippen molar-refractivity contribution >= 4 is 38.9 Å². The van der Waals surface area contributed by atoms with Crippen molar-refractivity contribution in [3.8, 4) is 0 Å². The zero-order chi connectivity index (χ0) is 14.2. The number of carbonyl (C=O) groups excluding carboxylic acids is 1. The summed E-state index contributed by atoms with van der Waals surface area (Å²) in [6, 6.07) is 17.4. The van der Waals surface area contributed by atoms with Gasteiger partial charge in [-0.2, -0.15) is 5.10 Å². The molecular weight excluding hydrogens is 282 g/mol. The zero-order valence-electron chi connectivity index (χ0n) is 11.1. The van der Waals surface area contributed by atoms with Gasteiger partial charge < -0.3 is 0 Å². The van der Waals surface area contributed by atoms with Gasteiger partial charge in [0.05, 0.1) is 22.3 Å². The van der Waals surface area contributed by atoms with E-state index in [2.05, 4.69) is 10.1 Å². The highest BCUT2D eigenvalue weighted by Gasteiger charge is 2.27. The van der Waals surface area contributed by atoms with Gasteiger partial charge in [0, 0.05) is 0 Å². The van der Waals surface area contributed by atoms with Crippen molar-refractivity contribution in [3.63, 3.8) is 0 Å². The Morgan fingerprint density at radius 3 is 2.57 bits per heavy atom. The molecule has 1 aliphatic rings. The molecule has 1 amide bonds. The number of aromatic nitrogens is 1. The maximum absolute atomic E-state index is 12.2. The first-order valence-electron chi connectivity index (χ1n) is 6.63. The van der Waals surface area contributed by atoms with E-state index >= 15 is 0 Å². The Hall–Kier alpha value is -2.53. The quantitative estimate of drug-likeness (QED) is 0.726. The second-order valence-electron chi connectivity index (χ2n) is 4.75. The molecule has 0 fully saturated rings. The summed E-state index contributed by atoms with van der Waals surface area (Å²) in [7, 11) is 0. The maximum atomic E-state index is 12.2. The van der Waals surface area contributed by atoms with E-state index in [4.69, 9.17) is 0 Å². The number of hydrogen-bond donors (Lipinski definition) is 0. The first-order valence-corrected chi connectivity index (χ1v) is 7.44. The molecular formula is C16H11N3OS. The van der Waals surface area contributed by atoms with E-state index in [-0.39, 0.29) is 5.91 Å². The van der Waals surface area contributed by atoms with Crippen LogP contribution in [0.15, 0.2) is 59.7 Å². The molecule has 0 saturated carbocycles. The lowest BCUT2D eigenvalue weighted by molar-refractivity contribution is -0.116. The number of hydrazone groups is 1. The summed E-state index contributed by atoms with van der Waals surface area (Å²) in [5.74, 6) is -0.0181. The third kappa shape index (κ3) is 2.11. The van der Waals surface area contributed by atoms with Crippen LogP contribution in [0, 0.1) is 0 Å². The molecule has 4 nitrogen and oxygen atoms in total. The molecule has 0 saturated heterocycles. The van der Waals surface area contributed by atoms with Crippen LogP contribution < -0.4 is 5.01 Å². The lowest BCUT2D eigenvalue weighted by Gasteiger charge is -2.10. The van der Waals surface area contributed by atoms with Crippen molar-refractivity contribution in [2.75, 3.05) is 5.01 Å². The van der Waals surface area contributed by atoms with E-state index in [1.807, 2.05) is 54.6 Å².